The van der Waals surface area contributed by atoms with Crippen LogP contribution in [0.2, 0.25) is 0 Å². The van der Waals surface area contributed by atoms with E-state index in [4.69, 9.17) is 31.0 Å². The van der Waals surface area contributed by atoms with Crippen LogP contribution in [0.4, 0.5) is 0 Å². The van der Waals surface area contributed by atoms with Crippen LogP contribution in [0.3, 0.4) is 0 Å². The third-order valence-corrected chi connectivity index (χ3v) is 2.86. The molecule has 0 spiro atoms. The molecule has 0 saturated heterocycles. The summed E-state index contributed by atoms with van der Waals surface area (Å²) in [5, 5.41) is 0. The van der Waals surface area contributed by atoms with E-state index in [0.29, 0.717) is 13.1 Å². The maximum Gasteiger partial charge on any atom is 0.325 e. The summed E-state index contributed by atoms with van der Waals surface area (Å²) in [6.45, 7) is 1.19. The van der Waals surface area contributed by atoms with Gasteiger partial charge in [0.2, 0.25) is 0 Å². The van der Waals surface area contributed by atoms with Gasteiger partial charge in [-0.15, -0.1) is 0 Å². The molecule has 15 heavy (non-hydrogen) atoms. The first kappa shape index (κ1) is 17.6. The van der Waals surface area contributed by atoms with Crippen molar-refractivity contribution in [3.8, 4) is 0 Å². The fraction of sp³-hybridized carbons (Fsp3) is 1.00. The molecule has 0 heterocycles. The smallest absolute Gasteiger partial charge is 0.325 e. The number of hydrogen-bond donors (Lipinski definition) is 6. The first-order valence-corrected chi connectivity index (χ1v) is 7.71. The molecule has 0 aromatic rings. The maximum absolute atomic E-state index is 10.2. The zero-order valence-electron chi connectivity index (χ0n) is 8.19. The molecule has 0 aromatic heterocycles. The second kappa shape index (κ2) is 8.38. The third kappa shape index (κ3) is 25.0. The Morgan fingerprint density at radius 2 is 1.07 bits per heavy atom. The molecule has 8 N–H and O–H groups in total. The van der Waals surface area contributed by atoms with E-state index in [1.165, 1.54) is 0 Å². The Morgan fingerprint density at radius 1 is 0.800 bits per heavy atom. The van der Waals surface area contributed by atoms with E-state index in [2.05, 4.69) is 0 Å². The van der Waals surface area contributed by atoms with Gasteiger partial charge >= 0.3 is 15.2 Å². The number of hydrogen-bond acceptors (Lipinski definition) is 4. The lowest BCUT2D eigenvalue weighted by Gasteiger charge is -2.04. The Morgan fingerprint density at radius 3 is 1.20 bits per heavy atom. The van der Waals surface area contributed by atoms with Gasteiger partial charge in [-0.05, 0) is 6.42 Å². The molecule has 0 atom stereocenters. The zero-order chi connectivity index (χ0) is 12.5. The van der Waals surface area contributed by atoms with E-state index >= 15 is 0 Å². The summed E-state index contributed by atoms with van der Waals surface area (Å²) >= 11 is 0. The molecule has 0 aliphatic carbocycles. The van der Waals surface area contributed by atoms with Crippen molar-refractivity contribution in [2.24, 2.45) is 11.5 Å². The quantitative estimate of drug-likeness (QED) is 0.331. The fourth-order valence-corrected chi connectivity index (χ4v) is 1.87. The highest BCUT2D eigenvalue weighted by Gasteiger charge is 2.17. The molecular weight excluding hydrogens is 246 g/mol. The highest BCUT2D eigenvalue weighted by atomic mass is 31.2. The summed E-state index contributed by atoms with van der Waals surface area (Å²) in [6, 6.07) is 0. The molecule has 0 bridgehead atoms. The summed E-state index contributed by atoms with van der Waals surface area (Å²) in [7, 11) is -8.19. The van der Waals surface area contributed by atoms with Crippen molar-refractivity contribution in [1.29, 1.82) is 0 Å². The molecule has 10 heteroatoms. The van der Waals surface area contributed by atoms with Gasteiger partial charge in [-0.25, -0.2) is 0 Å². The predicted octanol–water partition coefficient (Wildman–Crippen LogP) is -1.36. The van der Waals surface area contributed by atoms with Crippen molar-refractivity contribution in [3.63, 3.8) is 0 Å². The van der Waals surface area contributed by atoms with Crippen LogP contribution in [0, 0.1) is 0 Å². The highest BCUT2D eigenvalue weighted by Crippen LogP contribution is 2.40. The molecule has 8 nitrogen and oxygen atoms in total. The van der Waals surface area contributed by atoms with Crippen LogP contribution in [0.25, 0.3) is 0 Å². The molecule has 0 amide bonds. The minimum Gasteiger partial charge on any atom is -0.329 e. The van der Waals surface area contributed by atoms with Crippen LogP contribution >= 0.6 is 15.2 Å². The molecule has 0 rings (SSSR count). The van der Waals surface area contributed by atoms with E-state index in [-0.39, 0.29) is 6.42 Å². The SMILES string of the molecule is NCCN.O=P(O)(O)CCCP(=O)(O)O. The first-order valence-electron chi connectivity index (χ1n) is 4.11. The zero-order valence-corrected chi connectivity index (χ0v) is 9.98. The molecular formula is C5H18N2O6P2. The van der Waals surface area contributed by atoms with Crippen LogP contribution in [0.1, 0.15) is 6.42 Å². The molecule has 0 aliphatic rings. The standard InChI is InChI=1S/C3H10O6P2.C2H8N2/c4-10(5,6)2-1-3-11(7,8)9;3-1-2-4/h1-3H2,(H2,4,5,6)(H2,7,8,9);1-4H2. The van der Waals surface area contributed by atoms with Gasteiger partial charge in [-0.2, -0.15) is 0 Å². The average Bonchev–Trinajstić information content (AvgIpc) is 2.00. The van der Waals surface area contributed by atoms with Gasteiger partial charge in [0, 0.05) is 13.1 Å². The summed E-state index contributed by atoms with van der Waals surface area (Å²) in [6.07, 6.45) is -1.11. The van der Waals surface area contributed by atoms with Crippen molar-refractivity contribution in [3.05, 3.63) is 0 Å². The second-order valence-corrected chi connectivity index (χ2v) is 6.26. The number of rotatable bonds is 5. The Bertz CT molecular complexity index is 212. The van der Waals surface area contributed by atoms with Gasteiger partial charge in [0.1, 0.15) is 0 Å². The lowest BCUT2D eigenvalue weighted by molar-refractivity contribution is 0.366. The molecule has 94 valence electrons. The molecule has 0 radical (unpaired) electrons. The van der Waals surface area contributed by atoms with Gasteiger partial charge in [-0.3, -0.25) is 9.13 Å². The molecule has 0 aromatic carbocycles. The molecule has 0 fully saturated rings. The minimum absolute atomic E-state index is 0.158. The normalized spacial score (nSPS) is 11.9. The minimum atomic E-state index is -4.10. The average molecular weight is 264 g/mol. The maximum atomic E-state index is 10.2. The van der Waals surface area contributed by atoms with E-state index < -0.39 is 27.5 Å². The van der Waals surface area contributed by atoms with Crippen LogP contribution in [-0.4, -0.2) is 45.0 Å². The second-order valence-electron chi connectivity index (χ2n) is 2.71. The van der Waals surface area contributed by atoms with Crippen LogP contribution < -0.4 is 11.5 Å². The van der Waals surface area contributed by atoms with Crippen LogP contribution in [0.5, 0.6) is 0 Å². The first-order chi connectivity index (χ1) is 6.62. The predicted molar refractivity (Wildman–Crippen MR) is 56.5 cm³/mol. The Labute approximate surface area is 88.0 Å². The van der Waals surface area contributed by atoms with Gasteiger partial charge in [-0.1, -0.05) is 0 Å². The summed E-state index contributed by atoms with van der Waals surface area (Å²) in [5.74, 6) is 0. The number of nitrogens with two attached hydrogens (primary N) is 2. The van der Waals surface area contributed by atoms with Crippen molar-refractivity contribution >= 4 is 15.2 Å². The van der Waals surface area contributed by atoms with Crippen LogP contribution in [0.15, 0.2) is 0 Å². The van der Waals surface area contributed by atoms with Crippen LogP contribution in [-0.2, 0) is 9.13 Å². The van der Waals surface area contributed by atoms with E-state index in [1.54, 1.807) is 0 Å². The summed E-state index contributed by atoms with van der Waals surface area (Å²) < 4.78 is 20.3. The van der Waals surface area contributed by atoms with Gasteiger partial charge < -0.3 is 31.0 Å². The lowest BCUT2D eigenvalue weighted by Crippen LogP contribution is -2.11. The van der Waals surface area contributed by atoms with Crippen molar-refractivity contribution < 1.29 is 28.7 Å². The third-order valence-electron chi connectivity index (χ3n) is 1.07. The lowest BCUT2D eigenvalue weighted by atomic mass is 10.6. The van der Waals surface area contributed by atoms with Gasteiger partial charge in [0.05, 0.1) is 12.3 Å². The molecule has 0 aliphatic heterocycles. The fourth-order valence-electron chi connectivity index (χ4n) is 0.483. The molecule has 0 unspecified atom stereocenters. The van der Waals surface area contributed by atoms with E-state index in [0.717, 1.165) is 0 Å². The summed E-state index contributed by atoms with van der Waals surface area (Å²) in [5.41, 5.74) is 9.81. The van der Waals surface area contributed by atoms with Crippen molar-refractivity contribution in [2.45, 2.75) is 6.42 Å². The highest BCUT2D eigenvalue weighted by molar-refractivity contribution is 7.52. The largest absolute Gasteiger partial charge is 0.329 e. The van der Waals surface area contributed by atoms with Gasteiger partial charge in [0.15, 0.2) is 0 Å². The Hall–Kier alpha value is 0.220. The van der Waals surface area contributed by atoms with E-state index in [9.17, 15) is 9.13 Å². The Balaban J connectivity index is 0. The molecule has 0 saturated carbocycles. The monoisotopic (exact) mass is 264 g/mol. The topological polar surface area (TPSA) is 167 Å². The summed E-state index contributed by atoms with van der Waals surface area (Å²) in [4.78, 5) is 33.1. The van der Waals surface area contributed by atoms with Crippen molar-refractivity contribution in [2.75, 3.05) is 25.4 Å². The Kier molecular flexibility index (Phi) is 9.84. The van der Waals surface area contributed by atoms with Gasteiger partial charge in [0.25, 0.3) is 0 Å². The van der Waals surface area contributed by atoms with E-state index in [1.807, 2.05) is 0 Å². The van der Waals surface area contributed by atoms with Crippen molar-refractivity contribution in [1.82, 2.24) is 0 Å².